The number of carbonyl (C=O) groups is 1. The van der Waals surface area contributed by atoms with E-state index in [2.05, 4.69) is 25.3 Å². The number of hydrogen-bond acceptors (Lipinski definition) is 10. The summed E-state index contributed by atoms with van der Waals surface area (Å²) in [4.78, 5) is 30.2. The quantitative estimate of drug-likeness (QED) is 0.247. The van der Waals surface area contributed by atoms with Crippen LogP contribution in [0, 0.1) is 12.7 Å². The van der Waals surface area contributed by atoms with Crippen molar-refractivity contribution in [1.82, 2.24) is 19.9 Å². The molecule has 0 saturated heterocycles. The molecule has 1 saturated carbocycles. The monoisotopic (exact) mass is 575 g/mol. The smallest absolute Gasteiger partial charge is 0.412 e. The highest BCUT2D eigenvalue weighted by molar-refractivity contribution is 7.21. The normalized spacial score (nSPS) is 16.7. The third kappa shape index (κ3) is 5.61. The summed E-state index contributed by atoms with van der Waals surface area (Å²) in [6.07, 6.45) is 3.29. The number of aliphatic hydroxyl groups is 1. The minimum Gasteiger partial charge on any atom is -0.483 e. The van der Waals surface area contributed by atoms with Crippen LogP contribution in [0.25, 0.3) is 31.8 Å². The van der Waals surface area contributed by atoms with Crippen LogP contribution >= 0.6 is 11.3 Å². The zero-order valence-electron chi connectivity index (χ0n) is 22.3. The number of aliphatic hydroxyl groups excluding tert-OH is 1. The van der Waals surface area contributed by atoms with Crippen LogP contribution in [0.5, 0.6) is 11.6 Å². The Labute approximate surface area is 238 Å². The minimum absolute atomic E-state index is 0.0797. The summed E-state index contributed by atoms with van der Waals surface area (Å²) < 4.78 is 32.8. The van der Waals surface area contributed by atoms with Gasteiger partial charge in [-0.2, -0.15) is 0 Å². The van der Waals surface area contributed by atoms with E-state index in [1.807, 2.05) is 19.1 Å². The summed E-state index contributed by atoms with van der Waals surface area (Å²) in [5.41, 5.74) is 4.58. The molecule has 210 valence electrons. The third-order valence-corrected chi connectivity index (χ3v) is 7.86. The van der Waals surface area contributed by atoms with Crippen LogP contribution in [0.15, 0.2) is 48.8 Å². The number of nitrogens with one attached hydrogen (secondary N) is 1. The van der Waals surface area contributed by atoms with Crippen molar-refractivity contribution in [2.45, 2.75) is 45.0 Å². The number of carbonyl (C=O) groups excluding carboxylic acids is 1. The van der Waals surface area contributed by atoms with E-state index in [0.717, 1.165) is 22.2 Å². The van der Waals surface area contributed by atoms with Crippen LogP contribution in [-0.2, 0) is 11.3 Å². The third-order valence-electron chi connectivity index (χ3n) is 6.81. The van der Waals surface area contributed by atoms with E-state index in [4.69, 9.17) is 19.3 Å². The van der Waals surface area contributed by atoms with Crippen molar-refractivity contribution in [2.75, 3.05) is 12.4 Å². The van der Waals surface area contributed by atoms with E-state index in [9.17, 15) is 4.79 Å². The Morgan fingerprint density at radius 1 is 1.10 bits per heavy atom. The highest BCUT2D eigenvalue weighted by atomic mass is 32.1. The number of hydrogen-bond donors (Lipinski definition) is 2. The number of amides is 1. The molecule has 5 aromatic rings. The van der Waals surface area contributed by atoms with E-state index >= 15 is 4.39 Å². The Bertz CT molecular complexity index is 1750. The number of pyridine rings is 1. The van der Waals surface area contributed by atoms with Gasteiger partial charge < -0.3 is 19.3 Å². The Balaban J connectivity index is 1.21. The number of fused-ring (bicyclic) bond motifs is 2. The molecule has 3 aromatic heterocycles. The summed E-state index contributed by atoms with van der Waals surface area (Å²) in [6, 6.07) is 10.1. The number of benzene rings is 2. The van der Waals surface area contributed by atoms with E-state index in [-0.39, 0.29) is 12.4 Å². The first-order valence-corrected chi connectivity index (χ1v) is 13.8. The Morgan fingerprint density at radius 3 is 2.73 bits per heavy atom. The molecule has 1 aliphatic carbocycles. The fourth-order valence-electron chi connectivity index (χ4n) is 4.85. The summed E-state index contributed by atoms with van der Waals surface area (Å²) in [5, 5.41) is 12.4. The van der Waals surface area contributed by atoms with Gasteiger partial charge in [-0.15, -0.1) is 11.3 Å². The summed E-state index contributed by atoms with van der Waals surface area (Å²) in [5.74, 6) is -0.0447. The van der Waals surface area contributed by atoms with Crippen LogP contribution in [0.3, 0.4) is 0 Å². The predicted molar refractivity (Wildman–Crippen MR) is 152 cm³/mol. The van der Waals surface area contributed by atoms with E-state index in [1.165, 1.54) is 23.6 Å². The molecular weight excluding hydrogens is 549 g/mol. The highest BCUT2D eigenvalue weighted by Gasteiger charge is 2.33. The lowest BCUT2D eigenvalue weighted by Gasteiger charge is -2.22. The summed E-state index contributed by atoms with van der Waals surface area (Å²) in [6.45, 7) is 1.78. The van der Waals surface area contributed by atoms with Gasteiger partial charge >= 0.3 is 6.09 Å². The second-order valence-electron chi connectivity index (χ2n) is 9.71. The van der Waals surface area contributed by atoms with E-state index < -0.39 is 24.1 Å². The van der Waals surface area contributed by atoms with Gasteiger partial charge in [-0.05, 0) is 56.0 Å². The SMILES string of the molecule is COc1cnc2c(-c3nc4cc(F)c(O[C@H]5CCC[C@H]5OC(=O)Nc5ccc(CO)nc5)cc4s3)cc(C)cc2n1. The number of nitrogens with zero attached hydrogens (tertiary/aromatic N) is 4. The molecule has 0 unspecified atom stereocenters. The van der Waals surface area contributed by atoms with E-state index in [0.29, 0.717) is 51.7 Å². The molecule has 1 fully saturated rings. The van der Waals surface area contributed by atoms with Gasteiger partial charge in [0.1, 0.15) is 17.2 Å². The maximum absolute atomic E-state index is 15.2. The summed E-state index contributed by atoms with van der Waals surface area (Å²) >= 11 is 1.41. The van der Waals surface area contributed by atoms with Crippen molar-refractivity contribution < 1.29 is 28.5 Å². The first-order valence-electron chi connectivity index (χ1n) is 13.0. The van der Waals surface area contributed by atoms with E-state index in [1.54, 1.807) is 31.5 Å². The molecule has 0 aliphatic heterocycles. The van der Waals surface area contributed by atoms with Crippen LogP contribution in [0.4, 0.5) is 14.9 Å². The zero-order chi connectivity index (χ0) is 28.5. The first kappa shape index (κ1) is 26.8. The number of aryl methyl sites for hydroxylation is 1. The van der Waals surface area contributed by atoms with Crippen LogP contribution in [0.1, 0.15) is 30.5 Å². The minimum atomic E-state index is -0.654. The van der Waals surface area contributed by atoms with Crippen molar-refractivity contribution in [3.05, 3.63) is 65.9 Å². The van der Waals surface area contributed by atoms with Gasteiger partial charge in [0.05, 0.1) is 58.7 Å². The summed E-state index contributed by atoms with van der Waals surface area (Å²) in [7, 11) is 1.54. The molecule has 6 rings (SSSR count). The Kier molecular flexibility index (Phi) is 7.33. The Morgan fingerprint density at radius 2 is 1.95 bits per heavy atom. The van der Waals surface area contributed by atoms with Gasteiger partial charge in [0.15, 0.2) is 11.6 Å². The molecule has 0 bridgehead atoms. The van der Waals surface area contributed by atoms with Gasteiger partial charge in [-0.3, -0.25) is 10.3 Å². The van der Waals surface area contributed by atoms with Crippen molar-refractivity contribution in [1.29, 1.82) is 0 Å². The zero-order valence-corrected chi connectivity index (χ0v) is 23.1. The number of anilines is 1. The predicted octanol–water partition coefficient (Wildman–Crippen LogP) is 5.80. The van der Waals surface area contributed by atoms with Gasteiger partial charge in [-0.1, -0.05) is 0 Å². The highest BCUT2D eigenvalue weighted by Crippen LogP contribution is 2.38. The topological polar surface area (TPSA) is 129 Å². The molecule has 1 amide bonds. The lowest BCUT2D eigenvalue weighted by atomic mass is 10.1. The molecule has 10 nitrogen and oxygen atoms in total. The van der Waals surface area contributed by atoms with Crippen molar-refractivity contribution in [3.8, 4) is 22.2 Å². The average molecular weight is 576 g/mol. The molecule has 12 heteroatoms. The molecular formula is C29H26FN5O5S. The van der Waals surface area contributed by atoms with Gasteiger partial charge in [0.25, 0.3) is 0 Å². The number of ether oxygens (including phenoxy) is 3. The molecule has 3 heterocycles. The molecule has 1 aliphatic rings. The molecule has 2 N–H and O–H groups in total. The average Bonchev–Trinajstić information content (AvgIpc) is 3.58. The molecule has 0 radical (unpaired) electrons. The fourth-order valence-corrected chi connectivity index (χ4v) is 5.84. The van der Waals surface area contributed by atoms with Gasteiger partial charge in [0.2, 0.25) is 5.88 Å². The second kappa shape index (κ2) is 11.2. The lowest BCUT2D eigenvalue weighted by molar-refractivity contribution is 0.0401. The standard InChI is InChI=1S/C29H26FN5O5S/c1-15-8-18(27-21(9-15)34-26(38-2)13-32-27)28-35-20-10-19(30)24(11-25(20)41-28)39-22-4-3-5-23(22)40-29(37)33-16-6-7-17(14-36)31-12-16/h6-13,22-23,36H,3-5,14H2,1-2H3,(H,33,37)/t22-,23+/m0/s1. The van der Waals surface area contributed by atoms with Crippen LogP contribution < -0.4 is 14.8 Å². The van der Waals surface area contributed by atoms with Gasteiger partial charge in [-0.25, -0.2) is 24.1 Å². The first-order chi connectivity index (χ1) is 19.9. The number of methoxy groups -OCH3 is 1. The maximum Gasteiger partial charge on any atom is 0.412 e. The second-order valence-corrected chi connectivity index (χ2v) is 10.7. The molecule has 2 aromatic carbocycles. The van der Waals surface area contributed by atoms with Crippen molar-refractivity contribution in [3.63, 3.8) is 0 Å². The van der Waals surface area contributed by atoms with Gasteiger partial charge in [0, 0.05) is 17.7 Å². The number of thiazole rings is 1. The molecule has 41 heavy (non-hydrogen) atoms. The van der Waals surface area contributed by atoms with Crippen LogP contribution in [-0.4, -0.2) is 50.5 Å². The molecule has 2 atom stereocenters. The Hall–Kier alpha value is -4.42. The van der Waals surface area contributed by atoms with Crippen molar-refractivity contribution in [2.24, 2.45) is 0 Å². The van der Waals surface area contributed by atoms with Crippen LogP contribution in [0.2, 0.25) is 0 Å². The number of rotatable bonds is 7. The largest absolute Gasteiger partial charge is 0.483 e. The molecule has 0 spiro atoms. The lowest BCUT2D eigenvalue weighted by Crippen LogP contribution is -2.32. The number of aromatic nitrogens is 4. The number of halogens is 1. The fraction of sp³-hybridized carbons (Fsp3) is 0.276. The maximum atomic E-state index is 15.2. The van der Waals surface area contributed by atoms with Crippen molar-refractivity contribution >= 4 is 44.4 Å².